The number of aryl methyl sites for hydroxylation is 2. The number of nitrogens with one attached hydrogen (secondary N) is 1. The predicted molar refractivity (Wildman–Crippen MR) is 88.6 cm³/mol. The topological polar surface area (TPSA) is 24.9 Å². The monoisotopic (exact) mass is 276 g/mol. The van der Waals surface area contributed by atoms with E-state index < -0.39 is 0 Å². The van der Waals surface area contributed by atoms with Crippen molar-refractivity contribution in [2.24, 2.45) is 0 Å². The van der Waals surface area contributed by atoms with E-state index >= 15 is 0 Å². The van der Waals surface area contributed by atoms with Gasteiger partial charge in [-0.3, -0.25) is 4.98 Å². The van der Waals surface area contributed by atoms with Gasteiger partial charge in [0.15, 0.2) is 0 Å². The Kier molecular flexibility index (Phi) is 3.72. The first kappa shape index (κ1) is 13.8. The first-order chi connectivity index (χ1) is 10.2. The molecular weight excluding hydrogens is 256 g/mol. The fraction of sp³-hybridized carbons (Fsp3) is 0.211. The summed E-state index contributed by atoms with van der Waals surface area (Å²) in [6, 6.07) is 19.4. The Morgan fingerprint density at radius 1 is 0.952 bits per heavy atom. The maximum atomic E-state index is 4.64. The molecule has 3 aromatic rings. The smallest absolute Gasteiger partial charge is 0.0708 e. The molecule has 0 fully saturated rings. The molecule has 0 aliphatic heterocycles. The number of para-hydroxylation sites is 1. The quantitative estimate of drug-likeness (QED) is 0.777. The molecular formula is C19H20N2. The zero-order chi connectivity index (χ0) is 14.8. The van der Waals surface area contributed by atoms with Crippen molar-refractivity contribution in [3.63, 3.8) is 0 Å². The molecule has 0 aliphatic rings. The Bertz CT molecular complexity index is 777. The highest BCUT2D eigenvalue weighted by Gasteiger charge is 2.16. The molecule has 0 amide bonds. The standard InChI is InChI=1S/C19H20N2/c1-13-7-6-8-15(11-13)19(20-3)17-12-14(2)21-18-10-5-4-9-16(17)18/h4-12,19-20H,1-3H3. The van der Waals surface area contributed by atoms with E-state index in [2.05, 4.69) is 72.7 Å². The number of rotatable bonds is 3. The number of benzene rings is 2. The number of aromatic nitrogens is 1. The summed E-state index contributed by atoms with van der Waals surface area (Å²) in [5.41, 5.74) is 5.96. The van der Waals surface area contributed by atoms with Gasteiger partial charge < -0.3 is 5.32 Å². The first-order valence-corrected chi connectivity index (χ1v) is 7.29. The fourth-order valence-corrected chi connectivity index (χ4v) is 2.93. The van der Waals surface area contributed by atoms with Gasteiger partial charge in [-0.25, -0.2) is 0 Å². The molecule has 21 heavy (non-hydrogen) atoms. The number of hydrogen-bond donors (Lipinski definition) is 1. The van der Waals surface area contributed by atoms with E-state index in [0.29, 0.717) is 0 Å². The summed E-state index contributed by atoms with van der Waals surface area (Å²) in [4.78, 5) is 4.64. The van der Waals surface area contributed by atoms with Crippen molar-refractivity contribution < 1.29 is 0 Å². The molecule has 0 radical (unpaired) electrons. The molecule has 1 aromatic heterocycles. The summed E-state index contributed by atoms with van der Waals surface area (Å²) in [6.45, 7) is 4.19. The molecule has 0 spiro atoms. The Morgan fingerprint density at radius 3 is 2.52 bits per heavy atom. The van der Waals surface area contributed by atoms with E-state index in [4.69, 9.17) is 0 Å². The van der Waals surface area contributed by atoms with Crippen LogP contribution in [-0.2, 0) is 0 Å². The molecule has 0 saturated heterocycles. The molecule has 1 atom stereocenters. The van der Waals surface area contributed by atoms with Crippen molar-refractivity contribution >= 4 is 10.9 Å². The molecule has 1 heterocycles. The number of fused-ring (bicyclic) bond motifs is 1. The second-order valence-electron chi connectivity index (χ2n) is 5.51. The van der Waals surface area contributed by atoms with Gasteiger partial charge >= 0.3 is 0 Å². The van der Waals surface area contributed by atoms with Crippen molar-refractivity contribution in [3.05, 3.63) is 77.0 Å². The van der Waals surface area contributed by atoms with Gasteiger partial charge in [0.1, 0.15) is 0 Å². The van der Waals surface area contributed by atoms with Gasteiger partial charge in [0.2, 0.25) is 0 Å². The third kappa shape index (κ3) is 2.67. The van der Waals surface area contributed by atoms with Gasteiger partial charge in [0.25, 0.3) is 0 Å². The Morgan fingerprint density at radius 2 is 1.76 bits per heavy atom. The zero-order valence-electron chi connectivity index (χ0n) is 12.7. The van der Waals surface area contributed by atoms with Crippen LogP contribution in [0.4, 0.5) is 0 Å². The Hall–Kier alpha value is -2.19. The minimum Gasteiger partial charge on any atom is -0.309 e. The molecule has 3 rings (SSSR count). The molecule has 0 saturated carbocycles. The maximum absolute atomic E-state index is 4.64. The minimum atomic E-state index is 0.177. The van der Waals surface area contributed by atoms with Crippen LogP contribution in [0.25, 0.3) is 10.9 Å². The highest BCUT2D eigenvalue weighted by atomic mass is 14.9. The Labute approximate surface area is 125 Å². The van der Waals surface area contributed by atoms with Crippen molar-refractivity contribution in [2.75, 3.05) is 7.05 Å². The number of pyridine rings is 1. The summed E-state index contributed by atoms with van der Waals surface area (Å²) in [7, 11) is 2.01. The summed E-state index contributed by atoms with van der Waals surface area (Å²) >= 11 is 0. The fourth-order valence-electron chi connectivity index (χ4n) is 2.93. The predicted octanol–water partition coefficient (Wildman–Crippen LogP) is 4.16. The van der Waals surface area contributed by atoms with Crippen LogP contribution >= 0.6 is 0 Å². The van der Waals surface area contributed by atoms with Crippen LogP contribution in [0.3, 0.4) is 0 Å². The molecule has 2 aromatic carbocycles. The SMILES string of the molecule is CNC(c1cccc(C)c1)c1cc(C)nc2ccccc12. The van der Waals surface area contributed by atoms with Crippen LogP contribution in [0.2, 0.25) is 0 Å². The Balaban J connectivity index is 2.21. The van der Waals surface area contributed by atoms with Gasteiger partial charge in [-0.2, -0.15) is 0 Å². The lowest BCUT2D eigenvalue weighted by Gasteiger charge is -2.20. The van der Waals surface area contributed by atoms with Crippen LogP contribution in [0.1, 0.15) is 28.4 Å². The lowest BCUT2D eigenvalue weighted by atomic mass is 9.94. The highest BCUT2D eigenvalue weighted by Crippen LogP contribution is 2.29. The van der Waals surface area contributed by atoms with Crippen LogP contribution in [0.5, 0.6) is 0 Å². The number of nitrogens with zero attached hydrogens (tertiary/aromatic N) is 1. The third-order valence-electron chi connectivity index (χ3n) is 3.85. The van der Waals surface area contributed by atoms with Crippen molar-refractivity contribution in [2.45, 2.75) is 19.9 Å². The zero-order valence-corrected chi connectivity index (χ0v) is 12.7. The van der Waals surface area contributed by atoms with E-state index in [0.717, 1.165) is 11.2 Å². The van der Waals surface area contributed by atoms with Gasteiger partial charge in [0, 0.05) is 11.1 Å². The average Bonchev–Trinajstić information content (AvgIpc) is 2.48. The van der Waals surface area contributed by atoms with Gasteiger partial charge in [-0.05, 0) is 44.2 Å². The van der Waals surface area contributed by atoms with E-state index in [1.807, 2.05) is 13.1 Å². The van der Waals surface area contributed by atoms with Gasteiger partial charge in [-0.1, -0.05) is 48.0 Å². The van der Waals surface area contributed by atoms with E-state index in [1.54, 1.807) is 0 Å². The van der Waals surface area contributed by atoms with Gasteiger partial charge in [0.05, 0.1) is 11.6 Å². The van der Waals surface area contributed by atoms with Crippen LogP contribution in [0, 0.1) is 13.8 Å². The summed E-state index contributed by atoms with van der Waals surface area (Å²) in [6.07, 6.45) is 0. The second-order valence-corrected chi connectivity index (χ2v) is 5.51. The van der Waals surface area contributed by atoms with Crippen LogP contribution in [0.15, 0.2) is 54.6 Å². The van der Waals surface area contributed by atoms with E-state index in [-0.39, 0.29) is 6.04 Å². The van der Waals surface area contributed by atoms with Crippen molar-refractivity contribution in [1.29, 1.82) is 0 Å². The largest absolute Gasteiger partial charge is 0.309 e. The van der Waals surface area contributed by atoms with Crippen LogP contribution < -0.4 is 5.32 Å². The molecule has 2 nitrogen and oxygen atoms in total. The molecule has 1 unspecified atom stereocenters. The minimum absolute atomic E-state index is 0.177. The van der Waals surface area contributed by atoms with Crippen LogP contribution in [-0.4, -0.2) is 12.0 Å². The summed E-state index contributed by atoms with van der Waals surface area (Å²) in [5, 5.41) is 4.67. The summed E-state index contributed by atoms with van der Waals surface area (Å²) in [5.74, 6) is 0. The molecule has 0 bridgehead atoms. The second kappa shape index (κ2) is 5.66. The molecule has 0 aliphatic carbocycles. The third-order valence-corrected chi connectivity index (χ3v) is 3.85. The summed E-state index contributed by atoms with van der Waals surface area (Å²) < 4.78 is 0. The van der Waals surface area contributed by atoms with E-state index in [9.17, 15) is 0 Å². The molecule has 2 heteroatoms. The first-order valence-electron chi connectivity index (χ1n) is 7.29. The average molecular weight is 276 g/mol. The lowest BCUT2D eigenvalue weighted by molar-refractivity contribution is 0.695. The lowest BCUT2D eigenvalue weighted by Crippen LogP contribution is -2.18. The molecule has 1 N–H and O–H groups in total. The normalized spacial score (nSPS) is 12.5. The highest BCUT2D eigenvalue weighted by molar-refractivity contribution is 5.83. The van der Waals surface area contributed by atoms with Crippen molar-refractivity contribution in [3.8, 4) is 0 Å². The number of hydrogen-bond acceptors (Lipinski definition) is 2. The molecule has 106 valence electrons. The van der Waals surface area contributed by atoms with E-state index in [1.165, 1.54) is 22.1 Å². The maximum Gasteiger partial charge on any atom is 0.0708 e. The van der Waals surface area contributed by atoms with Gasteiger partial charge in [-0.15, -0.1) is 0 Å². The van der Waals surface area contributed by atoms with Crippen molar-refractivity contribution in [1.82, 2.24) is 10.3 Å².